The summed E-state index contributed by atoms with van der Waals surface area (Å²) in [6, 6.07) is 11.3. The van der Waals surface area contributed by atoms with Crippen LogP contribution in [0, 0.1) is 0 Å². The number of ether oxygens (including phenoxy) is 1. The summed E-state index contributed by atoms with van der Waals surface area (Å²) in [5.41, 5.74) is 3.19. The maximum absolute atomic E-state index is 13.0. The minimum atomic E-state index is -0.0151. The summed E-state index contributed by atoms with van der Waals surface area (Å²) in [5.74, 6) is 0.316. The molecule has 0 spiro atoms. The number of benzene rings is 1. The normalized spacial score (nSPS) is 17.7. The van der Waals surface area contributed by atoms with E-state index in [0.29, 0.717) is 61.5 Å². The third kappa shape index (κ3) is 3.98. The summed E-state index contributed by atoms with van der Waals surface area (Å²) in [6.07, 6.45) is 5.31. The molecule has 8 heteroatoms. The number of aromatic nitrogens is 2. The largest absolute Gasteiger partial charge is 0.378 e. The molecule has 32 heavy (non-hydrogen) atoms. The molecule has 0 aliphatic carbocycles. The number of carbonyl (C=O) groups excluding carboxylic acids is 2. The molecule has 3 aromatic rings. The number of likely N-dealkylation sites (tertiary alicyclic amines) is 1. The smallest absolute Gasteiger partial charge is 0.257 e. The third-order valence-corrected chi connectivity index (χ3v) is 6.76. The van der Waals surface area contributed by atoms with Gasteiger partial charge in [-0.2, -0.15) is 5.10 Å². The van der Waals surface area contributed by atoms with Crippen LogP contribution in [0.5, 0.6) is 0 Å². The van der Waals surface area contributed by atoms with Crippen molar-refractivity contribution in [2.75, 3.05) is 39.4 Å². The summed E-state index contributed by atoms with van der Waals surface area (Å²) in [7, 11) is 0. The summed E-state index contributed by atoms with van der Waals surface area (Å²) in [6.45, 7) is 3.71. The van der Waals surface area contributed by atoms with Crippen molar-refractivity contribution in [3.63, 3.8) is 0 Å². The van der Waals surface area contributed by atoms with E-state index in [0.717, 1.165) is 18.4 Å². The molecule has 166 valence electrons. The quantitative estimate of drug-likeness (QED) is 0.610. The van der Waals surface area contributed by atoms with E-state index in [-0.39, 0.29) is 11.8 Å². The molecule has 2 aliphatic heterocycles. The van der Waals surface area contributed by atoms with Crippen LogP contribution in [0.4, 0.5) is 0 Å². The molecule has 2 fully saturated rings. The van der Waals surface area contributed by atoms with E-state index in [4.69, 9.17) is 16.3 Å². The molecule has 7 nitrogen and oxygen atoms in total. The van der Waals surface area contributed by atoms with E-state index >= 15 is 0 Å². The molecular formula is C24H25ClN4O3. The minimum absolute atomic E-state index is 0.000561. The van der Waals surface area contributed by atoms with Crippen molar-refractivity contribution in [2.24, 2.45) is 0 Å². The Kier molecular flexibility index (Phi) is 5.85. The van der Waals surface area contributed by atoms with E-state index < -0.39 is 0 Å². The number of pyridine rings is 1. The standard InChI is InChI=1S/C24H25ClN4O3/c25-21-4-2-1-3-19(21)23(30)27-8-5-17(6-9-27)18-7-10-29-22(15-18)20(16-26-29)24(31)28-11-13-32-14-12-28/h1-4,7,10,15-17H,5-6,8-9,11-14H2. The van der Waals surface area contributed by atoms with Crippen LogP contribution in [-0.4, -0.2) is 70.6 Å². The Morgan fingerprint density at radius 3 is 2.38 bits per heavy atom. The first kappa shape index (κ1) is 21.0. The topological polar surface area (TPSA) is 67.2 Å². The fraction of sp³-hybridized carbons (Fsp3) is 0.375. The monoisotopic (exact) mass is 452 g/mol. The number of hydrogen-bond donors (Lipinski definition) is 0. The number of halogens is 1. The molecule has 0 N–H and O–H groups in total. The first-order valence-electron chi connectivity index (χ1n) is 11.0. The van der Waals surface area contributed by atoms with E-state index in [1.54, 1.807) is 22.8 Å². The number of fused-ring (bicyclic) bond motifs is 1. The lowest BCUT2D eigenvalue weighted by molar-refractivity contribution is 0.0304. The summed E-state index contributed by atoms with van der Waals surface area (Å²) in [5, 5.41) is 4.86. The molecular weight excluding hydrogens is 428 g/mol. The highest BCUT2D eigenvalue weighted by atomic mass is 35.5. The van der Waals surface area contributed by atoms with E-state index in [1.165, 1.54) is 5.56 Å². The molecule has 0 unspecified atom stereocenters. The van der Waals surface area contributed by atoms with Gasteiger partial charge in [0, 0.05) is 32.4 Å². The van der Waals surface area contributed by atoms with Gasteiger partial charge in [-0.25, -0.2) is 4.52 Å². The Balaban J connectivity index is 1.31. The first-order valence-corrected chi connectivity index (χ1v) is 11.4. The number of amides is 2. The number of piperidine rings is 1. The van der Waals surface area contributed by atoms with E-state index in [1.807, 2.05) is 28.1 Å². The lowest BCUT2D eigenvalue weighted by Crippen LogP contribution is -2.40. The van der Waals surface area contributed by atoms with Crippen LogP contribution >= 0.6 is 11.6 Å². The van der Waals surface area contributed by atoms with Crippen molar-refractivity contribution in [1.29, 1.82) is 0 Å². The zero-order valence-corrected chi connectivity index (χ0v) is 18.5. The fourth-order valence-electron chi connectivity index (χ4n) is 4.57. The van der Waals surface area contributed by atoms with Gasteiger partial charge < -0.3 is 14.5 Å². The maximum atomic E-state index is 13.0. The second-order valence-corrected chi connectivity index (χ2v) is 8.71. The lowest BCUT2D eigenvalue weighted by Gasteiger charge is -2.32. The van der Waals surface area contributed by atoms with E-state index in [2.05, 4.69) is 17.2 Å². The summed E-state index contributed by atoms with van der Waals surface area (Å²) >= 11 is 6.21. The second-order valence-electron chi connectivity index (χ2n) is 8.30. The third-order valence-electron chi connectivity index (χ3n) is 6.43. The Morgan fingerprint density at radius 2 is 1.62 bits per heavy atom. The van der Waals surface area contributed by atoms with Crippen LogP contribution in [0.2, 0.25) is 5.02 Å². The Labute approximate surface area is 191 Å². The average molecular weight is 453 g/mol. The van der Waals surface area contributed by atoms with E-state index in [9.17, 15) is 9.59 Å². The highest BCUT2D eigenvalue weighted by Crippen LogP contribution is 2.31. The van der Waals surface area contributed by atoms with Crippen LogP contribution in [0.15, 0.2) is 48.8 Å². The molecule has 5 rings (SSSR count). The summed E-state index contributed by atoms with van der Waals surface area (Å²) < 4.78 is 7.12. The van der Waals surface area contributed by atoms with Crippen LogP contribution in [0.3, 0.4) is 0 Å². The molecule has 2 saturated heterocycles. The number of morpholine rings is 1. The predicted octanol–water partition coefficient (Wildman–Crippen LogP) is 3.48. The Morgan fingerprint density at radius 1 is 0.938 bits per heavy atom. The molecule has 0 bridgehead atoms. The van der Waals surface area contributed by atoms with Crippen LogP contribution in [-0.2, 0) is 4.74 Å². The first-order chi connectivity index (χ1) is 15.6. The van der Waals surface area contributed by atoms with Crippen molar-refractivity contribution in [3.8, 4) is 0 Å². The highest BCUT2D eigenvalue weighted by Gasteiger charge is 2.27. The maximum Gasteiger partial charge on any atom is 0.257 e. The van der Waals surface area contributed by atoms with Gasteiger partial charge in [0.05, 0.1) is 41.1 Å². The molecule has 1 aromatic carbocycles. The zero-order chi connectivity index (χ0) is 22.1. The number of hydrogen-bond acceptors (Lipinski definition) is 4. The minimum Gasteiger partial charge on any atom is -0.378 e. The molecule has 2 amide bonds. The SMILES string of the molecule is O=C(c1ccccc1Cl)N1CCC(c2ccn3ncc(C(=O)N4CCOCC4)c3c2)CC1. The van der Waals surface area contributed by atoms with Gasteiger partial charge in [0.15, 0.2) is 0 Å². The average Bonchev–Trinajstić information content (AvgIpc) is 3.27. The predicted molar refractivity (Wildman–Crippen MR) is 121 cm³/mol. The highest BCUT2D eigenvalue weighted by molar-refractivity contribution is 6.33. The van der Waals surface area contributed by atoms with Gasteiger partial charge in [-0.1, -0.05) is 23.7 Å². The molecule has 0 saturated carbocycles. The van der Waals surface area contributed by atoms with Gasteiger partial charge in [-0.3, -0.25) is 9.59 Å². The van der Waals surface area contributed by atoms with Crippen LogP contribution in [0.1, 0.15) is 45.0 Å². The van der Waals surface area contributed by atoms with Crippen molar-refractivity contribution in [2.45, 2.75) is 18.8 Å². The molecule has 0 atom stereocenters. The Hall–Kier alpha value is -2.90. The number of carbonyl (C=O) groups is 2. The molecule has 2 aromatic heterocycles. The molecule has 4 heterocycles. The van der Waals surface area contributed by atoms with Gasteiger partial charge in [-0.15, -0.1) is 0 Å². The molecule has 0 radical (unpaired) electrons. The van der Waals surface area contributed by atoms with Gasteiger partial charge in [0.25, 0.3) is 11.8 Å². The number of rotatable bonds is 3. The van der Waals surface area contributed by atoms with Gasteiger partial charge in [0.1, 0.15) is 0 Å². The van der Waals surface area contributed by atoms with Crippen molar-refractivity contribution in [3.05, 3.63) is 70.5 Å². The second kappa shape index (κ2) is 8.92. The van der Waals surface area contributed by atoms with Crippen molar-refractivity contribution < 1.29 is 14.3 Å². The fourth-order valence-corrected chi connectivity index (χ4v) is 4.79. The van der Waals surface area contributed by atoms with Crippen LogP contribution in [0.25, 0.3) is 5.52 Å². The zero-order valence-electron chi connectivity index (χ0n) is 17.7. The van der Waals surface area contributed by atoms with Crippen LogP contribution < -0.4 is 0 Å². The van der Waals surface area contributed by atoms with Gasteiger partial charge in [0.2, 0.25) is 0 Å². The van der Waals surface area contributed by atoms with Crippen molar-refractivity contribution >= 4 is 28.9 Å². The van der Waals surface area contributed by atoms with Gasteiger partial charge in [-0.05, 0) is 48.6 Å². The Bertz CT molecular complexity index is 1150. The lowest BCUT2D eigenvalue weighted by atomic mass is 9.89. The van der Waals surface area contributed by atoms with Crippen molar-refractivity contribution in [1.82, 2.24) is 19.4 Å². The van der Waals surface area contributed by atoms with Gasteiger partial charge >= 0.3 is 0 Å². The molecule has 2 aliphatic rings. The summed E-state index contributed by atoms with van der Waals surface area (Å²) in [4.78, 5) is 29.6. The number of nitrogens with zero attached hydrogens (tertiary/aromatic N) is 4.